The summed E-state index contributed by atoms with van der Waals surface area (Å²) in [6.45, 7) is 10.7. The summed E-state index contributed by atoms with van der Waals surface area (Å²) in [7, 11) is 0. The molecule has 0 spiro atoms. The van der Waals surface area contributed by atoms with E-state index in [1.807, 2.05) is 13.0 Å². The number of rotatable bonds is 2. The van der Waals surface area contributed by atoms with Gasteiger partial charge in [-0.1, -0.05) is 29.9 Å². The summed E-state index contributed by atoms with van der Waals surface area (Å²) in [5.41, 5.74) is 3.09. The van der Waals surface area contributed by atoms with Crippen molar-refractivity contribution in [2.45, 2.75) is 64.3 Å². The molecule has 0 unspecified atom stereocenters. The molecule has 4 heteroatoms. The fourth-order valence-corrected chi connectivity index (χ4v) is 3.92. The number of aliphatic hydroxyl groups is 1. The van der Waals surface area contributed by atoms with E-state index < -0.39 is 6.10 Å². The smallest absolute Gasteiger partial charge is 0.314 e. The van der Waals surface area contributed by atoms with Crippen LogP contribution in [0.5, 0.6) is 0 Å². The van der Waals surface area contributed by atoms with Crippen molar-refractivity contribution in [3.63, 3.8) is 0 Å². The molecule has 3 aliphatic rings. The van der Waals surface area contributed by atoms with E-state index in [0.717, 1.165) is 24.8 Å². The molecule has 2 saturated heterocycles. The van der Waals surface area contributed by atoms with Gasteiger partial charge in [-0.25, -0.2) is 0 Å². The zero-order valence-corrected chi connectivity index (χ0v) is 14.9. The molecule has 0 amide bonds. The summed E-state index contributed by atoms with van der Waals surface area (Å²) >= 11 is 0. The number of esters is 1. The van der Waals surface area contributed by atoms with E-state index in [0.29, 0.717) is 13.0 Å². The third-order valence-electron chi connectivity index (χ3n) is 5.51. The van der Waals surface area contributed by atoms with Gasteiger partial charge >= 0.3 is 5.97 Å². The molecule has 2 aliphatic heterocycles. The second-order valence-corrected chi connectivity index (χ2v) is 7.90. The molecule has 4 nitrogen and oxygen atoms in total. The molecule has 2 heterocycles. The minimum atomic E-state index is -0.570. The monoisotopic (exact) mass is 332 g/mol. The van der Waals surface area contributed by atoms with E-state index >= 15 is 0 Å². The van der Waals surface area contributed by atoms with Crippen LogP contribution in [0.4, 0.5) is 0 Å². The molecule has 3 rings (SSSR count). The molecule has 4 atom stereocenters. The van der Waals surface area contributed by atoms with Crippen LogP contribution in [-0.2, 0) is 14.3 Å². The van der Waals surface area contributed by atoms with E-state index in [2.05, 4.69) is 26.5 Å². The zero-order chi connectivity index (χ0) is 17.5. The molecule has 0 aromatic heterocycles. The largest absolute Gasteiger partial charge is 0.461 e. The second kappa shape index (κ2) is 6.49. The van der Waals surface area contributed by atoms with Gasteiger partial charge in [0.05, 0.1) is 23.7 Å². The number of cyclic esters (lactones) is 1. The fraction of sp³-hybridized carbons (Fsp3) is 0.650. The van der Waals surface area contributed by atoms with Crippen molar-refractivity contribution in [2.24, 2.45) is 11.8 Å². The van der Waals surface area contributed by atoms with Crippen LogP contribution in [0.2, 0.25) is 0 Å². The first-order chi connectivity index (χ1) is 11.3. The highest BCUT2D eigenvalue weighted by atomic mass is 16.6. The summed E-state index contributed by atoms with van der Waals surface area (Å²) < 4.78 is 11.1. The van der Waals surface area contributed by atoms with Gasteiger partial charge in [0.15, 0.2) is 0 Å². The van der Waals surface area contributed by atoms with Crippen molar-refractivity contribution in [2.75, 3.05) is 6.61 Å². The average Bonchev–Trinajstić information content (AvgIpc) is 3.08. The molecule has 1 N–H and O–H groups in total. The number of carbonyl (C=O) groups is 1. The normalized spacial score (nSPS) is 39.8. The van der Waals surface area contributed by atoms with Gasteiger partial charge in [0.25, 0.3) is 0 Å². The highest BCUT2D eigenvalue weighted by Crippen LogP contribution is 2.41. The summed E-state index contributed by atoms with van der Waals surface area (Å²) in [5.74, 6) is -0.418. The van der Waals surface area contributed by atoms with Crippen molar-refractivity contribution >= 4 is 5.97 Å². The van der Waals surface area contributed by atoms with Gasteiger partial charge in [0, 0.05) is 5.92 Å². The van der Waals surface area contributed by atoms with Gasteiger partial charge < -0.3 is 14.6 Å². The number of hydrogen-bond donors (Lipinski definition) is 1. The quantitative estimate of drug-likeness (QED) is 0.479. The number of fused-ring (bicyclic) bond motifs is 1. The molecule has 0 aromatic carbocycles. The Morgan fingerprint density at radius 1 is 1.46 bits per heavy atom. The van der Waals surface area contributed by atoms with E-state index in [1.165, 1.54) is 11.1 Å². The maximum Gasteiger partial charge on any atom is 0.314 e. The lowest BCUT2D eigenvalue weighted by molar-refractivity contribution is -0.151. The highest BCUT2D eigenvalue weighted by Gasteiger charge is 2.47. The molecule has 2 fully saturated rings. The van der Waals surface area contributed by atoms with Crippen molar-refractivity contribution in [3.05, 3.63) is 35.5 Å². The molecular weight excluding hydrogens is 304 g/mol. The highest BCUT2D eigenvalue weighted by molar-refractivity contribution is 5.78. The number of allylic oxidation sites excluding steroid dienone is 1. The van der Waals surface area contributed by atoms with Crippen LogP contribution in [0.25, 0.3) is 0 Å². The van der Waals surface area contributed by atoms with Gasteiger partial charge in [-0.05, 0) is 52.0 Å². The predicted octanol–water partition coefficient (Wildman–Crippen LogP) is 3.32. The minimum Gasteiger partial charge on any atom is -0.461 e. The predicted molar refractivity (Wildman–Crippen MR) is 92.3 cm³/mol. The fourth-order valence-electron chi connectivity index (χ4n) is 3.92. The summed E-state index contributed by atoms with van der Waals surface area (Å²) in [6, 6.07) is 0. The summed E-state index contributed by atoms with van der Waals surface area (Å²) in [5, 5.41) is 10.1. The molecule has 0 bridgehead atoms. The van der Waals surface area contributed by atoms with Crippen LogP contribution in [0.1, 0.15) is 46.5 Å². The first-order valence-electron chi connectivity index (χ1n) is 8.84. The first-order valence-corrected chi connectivity index (χ1v) is 8.84. The van der Waals surface area contributed by atoms with Crippen LogP contribution in [0, 0.1) is 11.8 Å². The Hall–Kier alpha value is -1.39. The molecule has 1 aliphatic carbocycles. The number of epoxide rings is 1. The SMILES string of the molecule is C=C1C[C@@H](O)/C=C(\C)CC[C@@H]2/C(=C\C[C@H]3OC3(C)C)COC(=O)[C@@H]12. The first kappa shape index (κ1) is 17.4. The molecule has 132 valence electrons. The number of carbonyl (C=O) groups excluding carboxylic acids is 1. The Labute approximate surface area is 144 Å². The third kappa shape index (κ3) is 3.65. The van der Waals surface area contributed by atoms with Crippen LogP contribution in [0.3, 0.4) is 0 Å². The minimum absolute atomic E-state index is 0.0345. The molecule has 24 heavy (non-hydrogen) atoms. The molecule has 0 saturated carbocycles. The lowest BCUT2D eigenvalue weighted by Crippen LogP contribution is -2.36. The lowest BCUT2D eigenvalue weighted by Gasteiger charge is -2.34. The maximum absolute atomic E-state index is 12.4. The summed E-state index contributed by atoms with van der Waals surface area (Å²) in [6.07, 6.45) is 6.80. The Morgan fingerprint density at radius 3 is 2.83 bits per heavy atom. The van der Waals surface area contributed by atoms with Crippen molar-refractivity contribution in [1.29, 1.82) is 0 Å². The standard InChI is InChI=1S/C20H28O4/c1-12-5-7-16-14(6-8-17-20(3,4)24-17)11-23-19(22)18(16)13(2)10-15(21)9-12/h6,9,15-18,21H,2,5,7-8,10-11H2,1,3-4H3/b12-9+,14-6-/t15-,16+,17+,18-/m0/s1. The lowest BCUT2D eigenvalue weighted by atomic mass is 9.76. The van der Waals surface area contributed by atoms with E-state index in [-0.39, 0.29) is 29.5 Å². The Kier molecular flexibility index (Phi) is 4.71. The van der Waals surface area contributed by atoms with Crippen LogP contribution < -0.4 is 0 Å². The van der Waals surface area contributed by atoms with Crippen LogP contribution >= 0.6 is 0 Å². The van der Waals surface area contributed by atoms with E-state index in [1.54, 1.807) is 0 Å². The number of aliphatic hydroxyl groups excluding tert-OH is 1. The van der Waals surface area contributed by atoms with E-state index in [9.17, 15) is 9.90 Å². The topological polar surface area (TPSA) is 59.1 Å². The van der Waals surface area contributed by atoms with Crippen molar-refractivity contribution < 1.29 is 19.4 Å². The Morgan fingerprint density at radius 2 is 2.17 bits per heavy atom. The summed E-state index contributed by atoms with van der Waals surface area (Å²) in [4.78, 5) is 12.4. The molecule has 0 aromatic rings. The van der Waals surface area contributed by atoms with Gasteiger partial charge in [0.2, 0.25) is 0 Å². The number of hydrogen-bond acceptors (Lipinski definition) is 4. The van der Waals surface area contributed by atoms with Gasteiger partial charge in [-0.15, -0.1) is 0 Å². The Bertz CT molecular complexity index is 599. The van der Waals surface area contributed by atoms with Gasteiger partial charge in [-0.3, -0.25) is 4.79 Å². The molecule has 0 radical (unpaired) electrons. The zero-order valence-electron chi connectivity index (χ0n) is 14.9. The Balaban J connectivity index is 1.82. The van der Waals surface area contributed by atoms with Gasteiger partial charge in [-0.2, -0.15) is 0 Å². The average molecular weight is 332 g/mol. The molecular formula is C20H28O4. The third-order valence-corrected chi connectivity index (χ3v) is 5.51. The van der Waals surface area contributed by atoms with Crippen LogP contribution in [-0.4, -0.2) is 35.5 Å². The van der Waals surface area contributed by atoms with Crippen LogP contribution in [0.15, 0.2) is 35.5 Å². The van der Waals surface area contributed by atoms with E-state index in [4.69, 9.17) is 9.47 Å². The van der Waals surface area contributed by atoms with Crippen molar-refractivity contribution in [1.82, 2.24) is 0 Å². The second-order valence-electron chi connectivity index (χ2n) is 7.90. The van der Waals surface area contributed by atoms with Crippen molar-refractivity contribution in [3.8, 4) is 0 Å². The maximum atomic E-state index is 12.4. The number of ether oxygens (including phenoxy) is 2. The van der Waals surface area contributed by atoms with Gasteiger partial charge in [0.1, 0.15) is 6.61 Å².